The Bertz CT molecular complexity index is 865. The number of allylic oxidation sites excluding steroid dienone is 2. The Hall–Kier alpha value is -2.57. The van der Waals surface area contributed by atoms with E-state index in [0.717, 1.165) is 55.6 Å². The maximum atomic E-state index is 12.1. The van der Waals surface area contributed by atoms with Gasteiger partial charge in [-0.2, -0.15) is 5.10 Å². The van der Waals surface area contributed by atoms with Crippen molar-refractivity contribution in [2.24, 2.45) is 16.8 Å². The van der Waals surface area contributed by atoms with E-state index < -0.39 is 0 Å². The van der Waals surface area contributed by atoms with E-state index in [-0.39, 0.29) is 17.7 Å². The number of carbonyl (C=O) groups excluding carboxylic acids is 1. The Balaban J connectivity index is 1.59. The van der Waals surface area contributed by atoms with Gasteiger partial charge in [-0.05, 0) is 63.4 Å². The summed E-state index contributed by atoms with van der Waals surface area (Å²) in [5.41, 5.74) is 2.96. The highest BCUT2D eigenvalue weighted by Crippen LogP contribution is 2.37. The fourth-order valence-electron chi connectivity index (χ4n) is 3.72. The van der Waals surface area contributed by atoms with Crippen LogP contribution in [0.5, 0.6) is 0 Å². The number of alkyl carbamates (subject to hydrolysis) is 1. The number of nitrogens with zero attached hydrogens (tertiary/aromatic N) is 2. The summed E-state index contributed by atoms with van der Waals surface area (Å²) in [5, 5.41) is 13.8. The molecular formula is C25H39N5O2. The summed E-state index contributed by atoms with van der Waals surface area (Å²) >= 11 is 0. The lowest BCUT2D eigenvalue weighted by molar-refractivity contribution is 0.0967. The Kier molecular flexibility index (Phi) is 7.80. The zero-order valence-electron chi connectivity index (χ0n) is 20.2. The zero-order chi connectivity index (χ0) is 23.3. The summed E-state index contributed by atoms with van der Waals surface area (Å²) in [6.45, 7) is 14.6. The zero-order valence-corrected chi connectivity index (χ0v) is 20.2. The molecule has 2 aliphatic carbocycles. The molecule has 7 heteroatoms. The molecule has 1 amide bonds. The first kappa shape index (κ1) is 24.1. The number of nitrogens with one attached hydrogen (secondary N) is 3. The molecule has 176 valence electrons. The first-order chi connectivity index (χ1) is 15.2. The lowest BCUT2D eigenvalue weighted by atomic mass is 10.0. The molecule has 2 fully saturated rings. The maximum absolute atomic E-state index is 12.1. The maximum Gasteiger partial charge on any atom is 0.407 e. The van der Waals surface area contributed by atoms with Gasteiger partial charge < -0.3 is 15.4 Å². The van der Waals surface area contributed by atoms with E-state index in [1.807, 2.05) is 18.3 Å². The summed E-state index contributed by atoms with van der Waals surface area (Å²) in [5.74, 6) is 1.68. The molecule has 0 saturated heterocycles. The fraction of sp³-hybridized carbons (Fsp3) is 0.640. The van der Waals surface area contributed by atoms with Crippen molar-refractivity contribution in [1.29, 1.82) is 0 Å². The minimum Gasteiger partial charge on any atom is -0.446 e. The highest BCUT2D eigenvalue weighted by atomic mass is 16.6. The number of ether oxygens (including phenoxy) is 1. The van der Waals surface area contributed by atoms with Crippen LogP contribution in [0.2, 0.25) is 0 Å². The molecule has 7 nitrogen and oxygen atoms in total. The molecule has 1 heterocycles. The molecule has 32 heavy (non-hydrogen) atoms. The number of H-pyrrole nitrogens is 1. The molecule has 1 aromatic heterocycles. The Morgan fingerprint density at radius 1 is 1.41 bits per heavy atom. The summed E-state index contributed by atoms with van der Waals surface area (Å²) in [7, 11) is 0. The van der Waals surface area contributed by atoms with Crippen molar-refractivity contribution in [2.45, 2.75) is 90.7 Å². The normalized spacial score (nSPS) is 23.4. The van der Waals surface area contributed by atoms with E-state index in [4.69, 9.17) is 9.73 Å². The van der Waals surface area contributed by atoms with Crippen molar-refractivity contribution in [3.8, 4) is 0 Å². The average molecular weight is 442 g/mol. The van der Waals surface area contributed by atoms with Crippen LogP contribution in [0.25, 0.3) is 0 Å². The molecule has 3 N–H and O–H groups in total. The van der Waals surface area contributed by atoms with Crippen molar-refractivity contribution in [1.82, 2.24) is 20.8 Å². The van der Waals surface area contributed by atoms with E-state index >= 15 is 0 Å². The molecule has 3 atom stereocenters. The minimum atomic E-state index is -0.288. The van der Waals surface area contributed by atoms with Gasteiger partial charge in [0, 0.05) is 40.8 Å². The van der Waals surface area contributed by atoms with Gasteiger partial charge in [-0.15, -0.1) is 0 Å². The quantitative estimate of drug-likeness (QED) is 0.405. The number of carbonyl (C=O) groups is 1. The first-order valence-corrected chi connectivity index (χ1v) is 11.9. The van der Waals surface area contributed by atoms with Crippen LogP contribution in [0.3, 0.4) is 0 Å². The van der Waals surface area contributed by atoms with E-state index in [9.17, 15) is 4.79 Å². The van der Waals surface area contributed by atoms with Crippen molar-refractivity contribution in [3.05, 3.63) is 36.3 Å². The van der Waals surface area contributed by atoms with Gasteiger partial charge in [-0.25, -0.2) is 9.79 Å². The van der Waals surface area contributed by atoms with Crippen LogP contribution in [0.15, 0.2) is 35.6 Å². The molecule has 3 rings (SSSR count). The lowest BCUT2D eigenvalue weighted by Crippen LogP contribution is -2.36. The van der Waals surface area contributed by atoms with Crippen LogP contribution in [0.1, 0.15) is 84.8 Å². The van der Waals surface area contributed by atoms with E-state index in [2.05, 4.69) is 62.0 Å². The molecule has 3 unspecified atom stereocenters. The largest absolute Gasteiger partial charge is 0.446 e. The molecule has 1 aromatic rings. The Morgan fingerprint density at radius 3 is 2.81 bits per heavy atom. The molecule has 2 aliphatic rings. The van der Waals surface area contributed by atoms with Crippen LogP contribution in [-0.4, -0.2) is 33.6 Å². The fourth-order valence-corrected chi connectivity index (χ4v) is 3.72. The predicted molar refractivity (Wildman–Crippen MR) is 129 cm³/mol. The third-order valence-electron chi connectivity index (χ3n) is 6.67. The van der Waals surface area contributed by atoms with Gasteiger partial charge in [0.25, 0.3) is 0 Å². The third kappa shape index (κ3) is 6.71. The second-order valence-electron chi connectivity index (χ2n) is 9.91. The smallest absolute Gasteiger partial charge is 0.407 e. The van der Waals surface area contributed by atoms with Crippen LogP contribution < -0.4 is 10.6 Å². The topological polar surface area (TPSA) is 91.4 Å². The lowest BCUT2D eigenvalue weighted by Gasteiger charge is -2.16. The van der Waals surface area contributed by atoms with Crippen LogP contribution in [0.4, 0.5) is 10.6 Å². The second-order valence-corrected chi connectivity index (χ2v) is 9.91. The van der Waals surface area contributed by atoms with E-state index in [0.29, 0.717) is 23.6 Å². The van der Waals surface area contributed by atoms with Crippen LogP contribution >= 0.6 is 0 Å². The van der Waals surface area contributed by atoms with Crippen molar-refractivity contribution >= 4 is 17.6 Å². The Morgan fingerprint density at radius 2 is 2.16 bits per heavy atom. The summed E-state index contributed by atoms with van der Waals surface area (Å²) in [4.78, 5) is 16.9. The van der Waals surface area contributed by atoms with Gasteiger partial charge in [0.15, 0.2) is 5.82 Å². The third-order valence-corrected chi connectivity index (χ3v) is 6.67. The monoisotopic (exact) mass is 441 g/mol. The van der Waals surface area contributed by atoms with Gasteiger partial charge in [0.2, 0.25) is 0 Å². The number of aromatic nitrogens is 2. The molecule has 0 aliphatic heterocycles. The summed E-state index contributed by atoms with van der Waals surface area (Å²) in [6, 6.07) is 2.02. The number of hydrogen-bond acceptors (Lipinski definition) is 5. The van der Waals surface area contributed by atoms with Gasteiger partial charge >= 0.3 is 6.09 Å². The predicted octanol–water partition coefficient (Wildman–Crippen LogP) is 5.72. The van der Waals surface area contributed by atoms with Crippen LogP contribution in [-0.2, 0) is 4.74 Å². The molecular weight excluding hydrogens is 402 g/mol. The number of aromatic amines is 1. The average Bonchev–Trinajstić information content (AvgIpc) is 3.11. The highest BCUT2D eigenvalue weighted by Gasteiger charge is 2.40. The molecule has 0 bridgehead atoms. The van der Waals surface area contributed by atoms with Crippen LogP contribution in [0, 0.1) is 11.8 Å². The van der Waals surface area contributed by atoms with Gasteiger partial charge in [0.1, 0.15) is 6.10 Å². The summed E-state index contributed by atoms with van der Waals surface area (Å²) in [6.07, 6.45) is 9.30. The van der Waals surface area contributed by atoms with E-state index in [1.54, 1.807) is 0 Å². The second kappa shape index (κ2) is 10.4. The van der Waals surface area contributed by atoms with Gasteiger partial charge in [-0.3, -0.25) is 5.10 Å². The van der Waals surface area contributed by atoms with Gasteiger partial charge in [0.05, 0.1) is 0 Å². The highest BCUT2D eigenvalue weighted by molar-refractivity contribution is 5.98. The number of rotatable bonds is 10. The molecule has 0 spiro atoms. The number of amides is 1. The standard InChI is InChI=1S/C25H39N5O2/c1-7-17(4)21(10-13-26-18(5)16(2)3)27-23-15-22(29-30-23)19-8-9-20(14-19)32-24(31)28-25(6)11-12-25/h10,13,15-17,19-20,26H,5,7-9,11-12,14H2,1-4,6H3,(H,28,31)(H,29,30). The van der Waals surface area contributed by atoms with Crippen molar-refractivity contribution < 1.29 is 9.53 Å². The van der Waals surface area contributed by atoms with Crippen molar-refractivity contribution in [2.75, 3.05) is 0 Å². The molecule has 0 aromatic carbocycles. The molecule has 2 saturated carbocycles. The first-order valence-electron chi connectivity index (χ1n) is 11.9. The van der Waals surface area contributed by atoms with Gasteiger partial charge in [-0.1, -0.05) is 34.3 Å². The van der Waals surface area contributed by atoms with E-state index in [1.165, 1.54) is 0 Å². The molecule has 0 radical (unpaired) electrons. The minimum absolute atomic E-state index is 0.0451. The summed E-state index contributed by atoms with van der Waals surface area (Å²) < 4.78 is 5.64. The Labute approximate surface area is 192 Å². The SMILES string of the molecule is C=C(NC=CC(=Nc1cc(C2CCC(OC(=O)NC3(C)CC3)C2)[nH]n1)C(C)CC)C(C)C. The van der Waals surface area contributed by atoms with Crippen molar-refractivity contribution in [3.63, 3.8) is 0 Å². The number of hydrogen-bond donors (Lipinski definition) is 3. The number of aliphatic imine (C=N–C) groups is 1.